The number of alkyl halides is 6. The van der Waals surface area contributed by atoms with E-state index in [1.54, 1.807) is 4.57 Å². The number of fused-ring (bicyclic) bond motifs is 1. The highest BCUT2D eigenvalue weighted by molar-refractivity contribution is 8.00. The zero-order chi connectivity index (χ0) is 28.1. The Balaban J connectivity index is 1.75. The van der Waals surface area contributed by atoms with Crippen LogP contribution in [0.3, 0.4) is 0 Å². The lowest BCUT2D eigenvalue weighted by Gasteiger charge is -2.24. The molecule has 1 amide bonds. The van der Waals surface area contributed by atoms with Crippen LogP contribution in [-0.2, 0) is 36.5 Å². The molecule has 0 bridgehead atoms. The zero-order valence-corrected chi connectivity index (χ0v) is 22.0. The van der Waals surface area contributed by atoms with Gasteiger partial charge in [0.05, 0.1) is 16.9 Å². The van der Waals surface area contributed by atoms with Gasteiger partial charge >= 0.3 is 18.0 Å². The van der Waals surface area contributed by atoms with Gasteiger partial charge in [0.15, 0.2) is 0 Å². The average molecular weight is 565 g/mol. The lowest BCUT2D eigenvalue weighted by Crippen LogP contribution is -2.32. The van der Waals surface area contributed by atoms with Crippen LogP contribution in [0.4, 0.5) is 32.0 Å². The zero-order valence-electron chi connectivity index (χ0n) is 21.1. The van der Waals surface area contributed by atoms with Crippen molar-refractivity contribution in [2.75, 3.05) is 30.7 Å². The summed E-state index contributed by atoms with van der Waals surface area (Å²) in [6, 6.07) is 0.909. The van der Waals surface area contributed by atoms with Gasteiger partial charge in [0.1, 0.15) is 5.03 Å². The molecule has 0 spiro atoms. The van der Waals surface area contributed by atoms with E-state index in [4.69, 9.17) is 0 Å². The average Bonchev–Trinajstić information content (AvgIpc) is 2.85. The van der Waals surface area contributed by atoms with E-state index in [0.717, 1.165) is 61.9 Å². The van der Waals surface area contributed by atoms with Gasteiger partial charge < -0.3 is 10.2 Å². The molecule has 1 aromatic heterocycles. The number of anilines is 1. The lowest BCUT2D eigenvalue weighted by molar-refractivity contribution is -0.143. The first kappa shape index (κ1) is 30.0. The number of amides is 1. The van der Waals surface area contributed by atoms with Crippen molar-refractivity contribution in [2.24, 2.45) is 0 Å². The lowest BCUT2D eigenvalue weighted by atomic mass is 9.97. The second-order valence-corrected chi connectivity index (χ2v) is 9.96. The summed E-state index contributed by atoms with van der Waals surface area (Å²) in [5.74, 6) is -1.14. The predicted octanol–water partition coefficient (Wildman–Crippen LogP) is 5.62. The number of hydrogen-bond acceptors (Lipinski definition) is 5. The van der Waals surface area contributed by atoms with E-state index in [0.29, 0.717) is 36.5 Å². The first-order valence-corrected chi connectivity index (χ1v) is 13.4. The Kier molecular flexibility index (Phi) is 9.91. The van der Waals surface area contributed by atoms with Crippen LogP contribution >= 0.6 is 11.8 Å². The normalized spacial score (nSPS) is 14.0. The second-order valence-electron chi connectivity index (χ2n) is 9.00. The van der Waals surface area contributed by atoms with E-state index in [9.17, 15) is 35.9 Å². The van der Waals surface area contributed by atoms with Crippen molar-refractivity contribution in [1.29, 1.82) is 0 Å². The van der Waals surface area contributed by atoms with Crippen LogP contribution in [0.5, 0.6) is 0 Å². The third-order valence-electron chi connectivity index (χ3n) is 6.41. The minimum Gasteiger partial charge on any atom is -0.325 e. The van der Waals surface area contributed by atoms with Crippen molar-refractivity contribution < 1.29 is 31.1 Å². The van der Waals surface area contributed by atoms with Crippen LogP contribution in [0.25, 0.3) is 0 Å². The maximum absolute atomic E-state index is 13.1. The molecule has 3 rings (SSSR count). The molecule has 2 aromatic rings. The summed E-state index contributed by atoms with van der Waals surface area (Å²) in [6.07, 6.45) is -6.10. The van der Waals surface area contributed by atoms with Gasteiger partial charge in [0.2, 0.25) is 5.91 Å². The monoisotopic (exact) mass is 564 g/mol. The Bertz CT molecular complexity index is 1160. The first-order chi connectivity index (χ1) is 17.8. The molecule has 0 saturated carbocycles. The number of halogens is 6. The topological polar surface area (TPSA) is 67.2 Å². The second kappa shape index (κ2) is 12.5. The Morgan fingerprint density at radius 1 is 1.03 bits per heavy atom. The van der Waals surface area contributed by atoms with Gasteiger partial charge in [-0.25, -0.2) is 4.79 Å². The maximum atomic E-state index is 13.1. The predicted molar refractivity (Wildman–Crippen MR) is 133 cm³/mol. The molecule has 0 aliphatic heterocycles. The van der Waals surface area contributed by atoms with E-state index in [-0.39, 0.29) is 11.8 Å². The summed E-state index contributed by atoms with van der Waals surface area (Å²) in [6.45, 7) is 7.34. The van der Waals surface area contributed by atoms with Gasteiger partial charge in [-0.3, -0.25) is 9.36 Å². The maximum Gasteiger partial charge on any atom is 0.416 e. The number of hydrogen-bond donors (Lipinski definition) is 1. The standard InChI is InChI=1S/C25H30F6N4O2S/c1-3-34(4-2)10-7-11-35-20-9-6-5-8-19(20)22(33-23(35)37)38-15-21(36)32-18-13-16(24(26,27)28)12-17(14-18)25(29,30)31/h12-14H,3-11,15H2,1-2H3,(H,32,36). The fraction of sp³-hybridized carbons (Fsp3) is 0.560. The smallest absolute Gasteiger partial charge is 0.325 e. The number of rotatable bonds is 10. The molecule has 1 aliphatic carbocycles. The Morgan fingerprint density at radius 2 is 1.63 bits per heavy atom. The fourth-order valence-electron chi connectivity index (χ4n) is 4.45. The molecule has 6 nitrogen and oxygen atoms in total. The number of carbonyl (C=O) groups excluding carboxylic acids is 1. The molecule has 0 radical (unpaired) electrons. The molecule has 0 unspecified atom stereocenters. The molecule has 1 aliphatic rings. The van der Waals surface area contributed by atoms with Crippen molar-refractivity contribution in [1.82, 2.24) is 14.5 Å². The van der Waals surface area contributed by atoms with E-state index in [1.807, 2.05) is 0 Å². The largest absolute Gasteiger partial charge is 0.416 e. The Labute approximate surface area is 220 Å². The van der Waals surface area contributed by atoms with Gasteiger partial charge in [-0.1, -0.05) is 25.6 Å². The van der Waals surface area contributed by atoms with E-state index >= 15 is 0 Å². The van der Waals surface area contributed by atoms with Gasteiger partial charge in [-0.05, 0) is 69.9 Å². The fourth-order valence-corrected chi connectivity index (χ4v) is 5.32. The van der Waals surface area contributed by atoms with Crippen LogP contribution in [0.1, 0.15) is 55.5 Å². The molecule has 210 valence electrons. The summed E-state index contributed by atoms with van der Waals surface area (Å²) >= 11 is 0.952. The molecule has 13 heteroatoms. The quantitative estimate of drug-likeness (QED) is 0.231. The number of nitrogens with zero attached hydrogens (tertiary/aromatic N) is 3. The molecule has 1 N–H and O–H groups in total. The van der Waals surface area contributed by atoms with E-state index in [2.05, 4.69) is 29.0 Å². The highest BCUT2D eigenvalue weighted by Gasteiger charge is 2.37. The Hall–Kier alpha value is -2.54. The summed E-state index contributed by atoms with van der Waals surface area (Å²) in [5.41, 5.74) is -2.33. The van der Waals surface area contributed by atoms with Crippen molar-refractivity contribution >= 4 is 23.4 Å². The van der Waals surface area contributed by atoms with Gasteiger partial charge in [-0.15, -0.1) is 0 Å². The minimum atomic E-state index is -5.02. The molecule has 0 saturated heterocycles. The summed E-state index contributed by atoms with van der Waals surface area (Å²) < 4.78 is 80.3. The van der Waals surface area contributed by atoms with E-state index in [1.165, 1.54) is 0 Å². The van der Waals surface area contributed by atoms with Crippen LogP contribution in [-0.4, -0.2) is 45.7 Å². The third-order valence-corrected chi connectivity index (χ3v) is 7.43. The molecular weight excluding hydrogens is 534 g/mol. The van der Waals surface area contributed by atoms with Crippen LogP contribution < -0.4 is 11.0 Å². The number of aromatic nitrogens is 2. The third kappa shape index (κ3) is 7.75. The van der Waals surface area contributed by atoms with Crippen LogP contribution in [0, 0.1) is 0 Å². The SMILES string of the molecule is CCN(CC)CCCn1c2c(c(SCC(=O)Nc3cc(C(F)(F)F)cc(C(F)(F)F)c3)nc1=O)CCCC2. The molecule has 0 atom stereocenters. The number of carbonyl (C=O) groups is 1. The van der Waals surface area contributed by atoms with Crippen molar-refractivity contribution in [2.45, 2.75) is 69.9 Å². The molecule has 1 heterocycles. The molecular formula is C25H30F6N4O2S. The summed E-state index contributed by atoms with van der Waals surface area (Å²) in [5, 5.41) is 2.49. The number of benzene rings is 1. The van der Waals surface area contributed by atoms with Gasteiger partial charge in [0, 0.05) is 23.5 Å². The molecule has 1 aromatic carbocycles. The first-order valence-electron chi connectivity index (χ1n) is 12.4. The van der Waals surface area contributed by atoms with E-state index < -0.39 is 40.8 Å². The van der Waals surface area contributed by atoms with Gasteiger partial charge in [0.25, 0.3) is 0 Å². The highest BCUT2D eigenvalue weighted by atomic mass is 32.2. The number of thioether (sulfide) groups is 1. The summed E-state index contributed by atoms with van der Waals surface area (Å²) in [7, 11) is 0. The molecule has 0 fully saturated rings. The molecule has 38 heavy (non-hydrogen) atoms. The van der Waals surface area contributed by atoms with Crippen LogP contribution in [0.15, 0.2) is 28.0 Å². The van der Waals surface area contributed by atoms with Crippen molar-refractivity contribution in [3.63, 3.8) is 0 Å². The van der Waals surface area contributed by atoms with Crippen molar-refractivity contribution in [3.05, 3.63) is 51.1 Å². The highest BCUT2D eigenvalue weighted by Crippen LogP contribution is 2.37. The summed E-state index contributed by atoms with van der Waals surface area (Å²) in [4.78, 5) is 31.8. The Morgan fingerprint density at radius 3 is 2.21 bits per heavy atom. The van der Waals surface area contributed by atoms with Crippen LogP contribution in [0.2, 0.25) is 0 Å². The van der Waals surface area contributed by atoms with Gasteiger partial charge in [-0.2, -0.15) is 31.3 Å². The number of nitrogens with one attached hydrogen (secondary N) is 1. The minimum absolute atomic E-state index is 0.00234. The van der Waals surface area contributed by atoms with Crippen molar-refractivity contribution in [3.8, 4) is 0 Å².